The molecule has 162 valence electrons. The Morgan fingerprint density at radius 2 is 1.81 bits per heavy atom. The zero-order valence-electron chi connectivity index (χ0n) is 17.0. The molecule has 1 unspecified atom stereocenters. The average molecular weight is 442 g/mol. The summed E-state index contributed by atoms with van der Waals surface area (Å²) in [5.74, 6) is -0.226. The Bertz CT molecular complexity index is 1180. The van der Waals surface area contributed by atoms with Gasteiger partial charge in [0.15, 0.2) is 0 Å². The van der Waals surface area contributed by atoms with Crippen molar-refractivity contribution in [2.24, 2.45) is 0 Å². The lowest BCUT2D eigenvalue weighted by atomic mass is 9.94. The zero-order valence-corrected chi connectivity index (χ0v) is 17.8. The third-order valence-corrected chi connectivity index (χ3v) is 6.92. The first-order chi connectivity index (χ1) is 14.9. The molecule has 1 atom stereocenters. The molecule has 0 amide bonds. The Kier molecular flexibility index (Phi) is 5.79. The van der Waals surface area contributed by atoms with Crippen molar-refractivity contribution >= 4 is 16.0 Å². The van der Waals surface area contributed by atoms with Crippen LogP contribution in [0.2, 0.25) is 0 Å². The van der Waals surface area contributed by atoms with Gasteiger partial charge in [0, 0.05) is 11.3 Å². The smallest absolute Gasteiger partial charge is 0.325 e. The summed E-state index contributed by atoms with van der Waals surface area (Å²) in [6, 6.07) is 13.8. The molecule has 3 aromatic rings. The van der Waals surface area contributed by atoms with Gasteiger partial charge in [0.1, 0.15) is 12.3 Å². The van der Waals surface area contributed by atoms with E-state index in [1.54, 1.807) is 37.6 Å². The van der Waals surface area contributed by atoms with Crippen LogP contribution in [0.15, 0.2) is 59.6 Å². The number of carboxylic acid groups (broad SMARTS) is 1. The third-order valence-electron chi connectivity index (χ3n) is 5.43. The Morgan fingerprint density at radius 3 is 2.42 bits per heavy atom. The normalized spacial score (nSPS) is 16.0. The molecule has 0 fully saturated rings. The molecule has 4 rings (SSSR count). The number of fused-ring (bicyclic) bond motifs is 1. The lowest BCUT2D eigenvalue weighted by Gasteiger charge is -2.24. The molecular weight excluding hydrogens is 418 g/mol. The lowest BCUT2D eigenvalue weighted by Crippen LogP contribution is -2.31. The Morgan fingerprint density at radius 1 is 1.16 bits per heavy atom. The molecule has 0 spiro atoms. The molecule has 1 aromatic heterocycles. The number of nitrogens with zero attached hydrogens (tertiary/aromatic N) is 2. The maximum Gasteiger partial charge on any atom is 0.325 e. The van der Waals surface area contributed by atoms with Crippen LogP contribution < -0.4 is 9.46 Å². The SMILES string of the molecule is COc1ccc(-c2ccc(S(=O)(=O)NC3CCCc4c3cnn4CC(=O)O)cc2)cc1. The van der Waals surface area contributed by atoms with E-state index in [4.69, 9.17) is 9.84 Å². The lowest BCUT2D eigenvalue weighted by molar-refractivity contribution is -0.137. The summed E-state index contributed by atoms with van der Waals surface area (Å²) in [5, 5.41) is 13.2. The van der Waals surface area contributed by atoms with Crippen LogP contribution in [0, 0.1) is 0 Å². The number of ether oxygens (including phenoxy) is 1. The number of benzene rings is 2. The fourth-order valence-corrected chi connectivity index (χ4v) is 5.12. The summed E-state index contributed by atoms with van der Waals surface area (Å²) >= 11 is 0. The molecule has 1 aliphatic rings. The number of aromatic nitrogens is 2. The number of hydrogen-bond acceptors (Lipinski definition) is 5. The van der Waals surface area contributed by atoms with Crippen molar-refractivity contribution in [3.63, 3.8) is 0 Å². The number of aliphatic carboxylic acids is 1. The highest BCUT2D eigenvalue weighted by Crippen LogP contribution is 2.31. The van der Waals surface area contributed by atoms with Crippen LogP contribution in [0.5, 0.6) is 5.75 Å². The summed E-state index contributed by atoms with van der Waals surface area (Å²) in [5.41, 5.74) is 3.37. The predicted molar refractivity (Wildman–Crippen MR) is 114 cm³/mol. The molecule has 1 heterocycles. The average Bonchev–Trinajstić information content (AvgIpc) is 3.17. The number of carbonyl (C=O) groups is 1. The van der Waals surface area contributed by atoms with Gasteiger partial charge in [-0.2, -0.15) is 5.10 Å². The van der Waals surface area contributed by atoms with Gasteiger partial charge in [0.05, 0.1) is 24.2 Å². The highest BCUT2D eigenvalue weighted by Gasteiger charge is 2.29. The van der Waals surface area contributed by atoms with Gasteiger partial charge in [-0.1, -0.05) is 24.3 Å². The Hall–Kier alpha value is -3.17. The van der Waals surface area contributed by atoms with Gasteiger partial charge in [-0.3, -0.25) is 9.48 Å². The van der Waals surface area contributed by atoms with Gasteiger partial charge >= 0.3 is 5.97 Å². The summed E-state index contributed by atoms with van der Waals surface area (Å²) in [4.78, 5) is 11.2. The van der Waals surface area contributed by atoms with E-state index in [0.29, 0.717) is 12.8 Å². The third kappa shape index (κ3) is 4.47. The van der Waals surface area contributed by atoms with Crippen LogP contribution in [-0.2, 0) is 27.8 Å². The largest absolute Gasteiger partial charge is 0.497 e. The molecule has 9 heteroatoms. The van der Waals surface area contributed by atoms with Crippen LogP contribution in [0.4, 0.5) is 0 Å². The molecule has 2 aromatic carbocycles. The first kappa shape index (κ1) is 21.1. The minimum absolute atomic E-state index is 0.176. The number of carboxylic acids is 1. The van der Waals surface area contributed by atoms with Crippen LogP contribution in [0.1, 0.15) is 30.1 Å². The Labute approximate surface area is 180 Å². The van der Waals surface area contributed by atoms with Crippen molar-refractivity contribution in [2.75, 3.05) is 7.11 Å². The second-order valence-corrected chi connectivity index (χ2v) is 9.13. The highest BCUT2D eigenvalue weighted by atomic mass is 32.2. The molecule has 0 bridgehead atoms. The van der Waals surface area contributed by atoms with Gasteiger partial charge in [0.2, 0.25) is 10.0 Å². The van der Waals surface area contributed by atoms with Crippen LogP contribution >= 0.6 is 0 Å². The Balaban J connectivity index is 1.53. The molecule has 2 N–H and O–H groups in total. The fraction of sp³-hybridized carbons (Fsp3) is 0.273. The van der Waals surface area contributed by atoms with Gasteiger partial charge in [-0.25, -0.2) is 13.1 Å². The van der Waals surface area contributed by atoms with Crippen molar-refractivity contribution in [2.45, 2.75) is 36.7 Å². The van der Waals surface area contributed by atoms with Crippen molar-refractivity contribution in [3.8, 4) is 16.9 Å². The molecular formula is C22H23N3O5S. The van der Waals surface area contributed by atoms with E-state index < -0.39 is 22.0 Å². The van der Waals surface area contributed by atoms with Crippen molar-refractivity contribution in [1.29, 1.82) is 0 Å². The van der Waals surface area contributed by atoms with E-state index in [1.165, 1.54) is 4.68 Å². The quantitative estimate of drug-likeness (QED) is 0.583. The molecule has 0 radical (unpaired) electrons. The van der Waals surface area contributed by atoms with Crippen molar-refractivity contribution in [3.05, 3.63) is 66.0 Å². The number of hydrogen-bond donors (Lipinski definition) is 2. The maximum absolute atomic E-state index is 13.0. The van der Waals surface area contributed by atoms with E-state index in [-0.39, 0.29) is 11.4 Å². The van der Waals surface area contributed by atoms with Crippen molar-refractivity contribution < 1.29 is 23.1 Å². The minimum atomic E-state index is -3.75. The van der Waals surface area contributed by atoms with E-state index in [1.807, 2.05) is 24.3 Å². The second-order valence-electron chi connectivity index (χ2n) is 7.42. The second kappa shape index (κ2) is 8.52. The number of sulfonamides is 1. The minimum Gasteiger partial charge on any atom is -0.497 e. The summed E-state index contributed by atoms with van der Waals surface area (Å²) < 4.78 is 35.3. The number of rotatable bonds is 7. The summed E-state index contributed by atoms with van der Waals surface area (Å²) in [7, 11) is -2.14. The van der Waals surface area contributed by atoms with Gasteiger partial charge < -0.3 is 9.84 Å². The molecule has 8 nitrogen and oxygen atoms in total. The van der Waals surface area contributed by atoms with E-state index in [0.717, 1.165) is 34.6 Å². The standard InChI is InChI=1S/C22H23N3O5S/c1-30-17-9-5-15(6-10-17)16-7-11-18(12-8-16)31(28,29)24-20-3-2-4-21-19(20)13-23-25(21)14-22(26)27/h5-13,20,24H,2-4,14H2,1H3,(H,26,27). The van der Waals surface area contributed by atoms with Gasteiger partial charge in [-0.05, 0) is 54.7 Å². The van der Waals surface area contributed by atoms with Gasteiger partial charge in [-0.15, -0.1) is 0 Å². The first-order valence-corrected chi connectivity index (χ1v) is 11.4. The predicted octanol–water partition coefficient (Wildman–Crippen LogP) is 3.00. The summed E-state index contributed by atoms with van der Waals surface area (Å²) in [6.07, 6.45) is 3.63. The van der Waals surface area contributed by atoms with E-state index in [9.17, 15) is 13.2 Å². The first-order valence-electron chi connectivity index (χ1n) is 9.90. The van der Waals surface area contributed by atoms with Gasteiger partial charge in [0.25, 0.3) is 0 Å². The van der Waals surface area contributed by atoms with E-state index >= 15 is 0 Å². The highest BCUT2D eigenvalue weighted by molar-refractivity contribution is 7.89. The maximum atomic E-state index is 13.0. The molecule has 0 saturated heterocycles. The number of nitrogens with one attached hydrogen (secondary N) is 1. The van der Waals surface area contributed by atoms with E-state index in [2.05, 4.69) is 9.82 Å². The number of methoxy groups -OCH3 is 1. The topological polar surface area (TPSA) is 111 Å². The monoisotopic (exact) mass is 441 g/mol. The van der Waals surface area contributed by atoms with Crippen molar-refractivity contribution in [1.82, 2.24) is 14.5 Å². The fourth-order valence-electron chi connectivity index (χ4n) is 3.87. The molecule has 1 aliphatic carbocycles. The summed E-state index contributed by atoms with van der Waals surface area (Å²) in [6.45, 7) is -0.234. The van der Waals surface area contributed by atoms with Crippen LogP contribution in [0.25, 0.3) is 11.1 Å². The van der Waals surface area contributed by atoms with Crippen LogP contribution in [-0.4, -0.2) is 36.4 Å². The molecule has 31 heavy (non-hydrogen) atoms. The zero-order chi connectivity index (χ0) is 22.0. The molecule has 0 aliphatic heterocycles. The molecule has 0 saturated carbocycles. The van der Waals surface area contributed by atoms with Crippen LogP contribution in [0.3, 0.4) is 0 Å².